The summed E-state index contributed by atoms with van der Waals surface area (Å²) < 4.78 is 0. The molecule has 0 radical (unpaired) electrons. The van der Waals surface area contributed by atoms with Gasteiger partial charge in [-0.1, -0.05) is 29.8 Å². The van der Waals surface area contributed by atoms with Crippen LogP contribution in [0.25, 0.3) is 0 Å². The normalized spacial score (nSPS) is 13.4. The zero-order valence-electron chi connectivity index (χ0n) is 13.7. The van der Waals surface area contributed by atoms with Gasteiger partial charge >= 0.3 is 0 Å². The second-order valence-corrected chi connectivity index (χ2v) is 7.77. The van der Waals surface area contributed by atoms with Crippen molar-refractivity contribution in [3.63, 3.8) is 0 Å². The van der Waals surface area contributed by atoms with E-state index in [1.807, 2.05) is 0 Å². The summed E-state index contributed by atoms with van der Waals surface area (Å²) in [6.07, 6.45) is 1.00. The van der Waals surface area contributed by atoms with Crippen molar-refractivity contribution in [2.24, 2.45) is 0 Å². The SMILES string of the molecule is Cc1ccc(C(CNC(C)(C)C)Cc2nc(C)cs2)cc1. The minimum absolute atomic E-state index is 0.141. The van der Waals surface area contributed by atoms with E-state index >= 15 is 0 Å². The van der Waals surface area contributed by atoms with Gasteiger partial charge in [0.25, 0.3) is 0 Å². The Bertz CT molecular complexity index is 564. The Kier molecular flexibility index (Phi) is 5.17. The number of hydrogen-bond donors (Lipinski definition) is 1. The molecule has 1 N–H and O–H groups in total. The maximum absolute atomic E-state index is 4.63. The highest BCUT2D eigenvalue weighted by Gasteiger charge is 2.17. The second-order valence-electron chi connectivity index (χ2n) is 6.83. The van der Waals surface area contributed by atoms with E-state index in [1.54, 1.807) is 11.3 Å². The van der Waals surface area contributed by atoms with E-state index in [2.05, 4.69) is 74.6 Å². The van der Waals surface area contributed by atoms with Gasteiger partial charge in [-0.15, -0.1) is 11.3 Å². The zero-order valence-corrected chi connectivity index (χ0v) is 14.6. The topological polar surface area (TPSA) is 24.9 Å². The maximum Gasteiger partial charge on any atom is 0.0934 e. The van der Waals surface area contributed by atoms with Crippen LogP contribution in [0.1, 0.15) is 48.5 Å². The molecule has 0 aliphatic carbocycles. The average Bonchev–Trinajstić information content (AvgIpc) is 2.80. The quantitative estimate of drug-likeness (QED) is 0.881. The highest BCUT2D eigenvalue weighted by atomic mass is 32.1. The van der Waals surface area contributed by atoms with Crippen molar-refractivity contribution in [2.45, 2.75) is 52.5 Å². The van der Waals surface area contributed by atoms with E-state index < -0.39 is 0 Å². The fraction of sp³-hybridized carbons (Fsp3) is 0.500. The van der Waals surface area contributed by atoms with E-state index in [-0.39, 0.29) is 5.54 Å². The van der Waals surface area contributed by atoms with E-state index in [1.165, 1.54) is 16.1 Å². The van der Waals surface area contributed by atoms with Gasteiger partial charge in [0.2, 0.25) is 0 Å². The standard InChI is InChI=1S/C18H26N2S/c1-13-6-8-15(9-7-13)16(11-19-18(3,4)5)10-17-20-14(2)12-21-17/h6-9,12,16,19H,10-11H2,1-5H3. The molecule has 114 valence electrons. The number of benzene rings is 1. The Morgan fingerprint density at radius 3 is 2.33 bits per heavy atom. The van der Waals surface area contributed by atoms with E-state index in [4.69, 9.17) is 0 Å². The molecule has 1 atom stereocenters. The Morgan fingerprint density at radius 2 is 1.81 bits per heavy atom. The third-order valence-corrected chi connectivity index (χ3v) is 4.50. The third-order valence-electron chi connectivity index (χ3n) is 3.52. The summed E-state index contributed by atoms with van der Waals surface area (Å²) in [5, 5.41) is 7.01. The van der Waals surface area contributed by atoms with E-state index in [0.717, 1.165) is 18.7 Å². The second kappa shape index (κ2) is 6.71. The zero-order chi connectivity index (χ0) is 15.5. The van der Waals surface area contributed by atoms with Gasteiger partial charge in [0.1, 0.15) is 0 Å². The molecular formula is C18H26N2S. The Hall–Kier alpha value is -1.19. The van der Waals surface area contributed by atoms with Crippen molar-refractivity contribution in [2.75, 3.05) is 6.54 Å². The van der Waals surface area contributed by atoms with Crippen LogP contribution in [-0.2, 0) is 6.42 Å². The number of aryl methyl sites for hydroxylation is 2. The van der Waals surface area contributed by atoms with Crippen LogP contribution in [0.15, 0.2) is 29.6 Å². The van der Waals surface area contributed by atoms with Gasteiger partial charge in [-0.25, -0.2) is 4.98 Å². The van der Waals surface area contributed by atoms with Crippen molar-refractivity contribution in [3.8, 4) is 0 Å². The van der Waals surface area contributed by atoms with Crippen LogP contribution in [0.3, 0.4) is 0 Å². The summed E-state index contributed by atoms with van der Waals surface area (Å²) in [7, 11) is 0. The molecule has 0 saturated heterocycles. The van der Waals surface area contributed by atoms with Gasteiger partial charge in [0, 0.05) is 35.5 Å². The number of rotatable bonds is 5. The lowest BCUT2D eigenvalue weighted by Crippen LogP contribution is -2.39. The van der Waals surface area contributed by atoms with Crippen molar-refractivity contribution in [3.05, 3.63) is 51.5 Å². The van der Waals surface area contributed by atoms with Crippen LogP contribution in [0.5, 0.6) is 0 Å². The van der Waals surface area contributed by atoms with Gasteiger partial charge in [-0.2, -0.15) is 0 Å². The van der Waals surface area contributed by atoms with Crippen molar-refractivity contribution >= 4 is 11.3 Å². The van der Waals surface area contributed by atoms with Crippen LogP contribution < -0.4 is 5.32 Å². The minimum Gasteiger partial charge on any atom is -0.311 e. The molecule has 1 aromatic heterocycles. The number of nitrogens with zero attached hydrogens (tertiary/aromatic N) is 1. The molecule has 0 amide bonds. The highest BCUT2D eigenvalue weighted by molar-refractivity contribution is 7.09. The largest absolute Gasteiger partial charge is 0.311 e. The molecule has 2 nitrogen and oxygen atoms in total. The van der Waals surface area contributed by atoms with Crippen molar-refractivity contribution < 1.29 is 0 Å². The molecule has 0 fully saturated rings. The lowest BCUT2D eigenvalue weighted by Gasteiger charge is -2.25. The fourth-order valence-electron chi connectivity index (χ4n) is 2.28. The molecule has 1 unspecified atom stereocenters. The summed E-state index contributed by atoms with van der Waals surface area (Å²) in [6, 6.07) is 8.91. The number of nitrogens with one attached hydrogen (secondary N) is 1. The number of thiazole rings is 1. The first-order valence-electron chi connectivity index (χ1n) is 7.56. The molecule has 0 aliphatic rings. The number of hydrogen-bond acceptors (Lipinski definition) is 3. The first kappa shape index (κ1) is 16.2. The summed E-state index contributed by atoms with van der Waals surface area (Å²) in [5.74, 6) is 0.468. The van der Waals surface area contributed by atoms with Crippen LogP contribution in [-0.4, -0.2) is 17.1 Å². The molecule has 0 bridgehead atoms. The summed E-state index contributed by atoms with van der Waals surface area (Å²) >= 11 is 1.77. The molecule has 3 heteroatoms. The van der Waals surface area contributed by atoms with Gasteiger partial charge < -0.3 is 5.32 Å². The highest BCUT2D eigenvalue weighted by Crippen LogP contribution is 2.23. The first-order chi connectivity index (χ1) is 9.83. The van der Waals surface area contributed by atoms with Crippen LogP contribution >= 0.6 is 11.3 Å². The molecule has 0 aliphatic heterocycles. The molecule has 0 spiro atoms. The molecule has 0 saturated carbocycles. The van der Waals surface area contributed by atoms with Crippen LogP contribution in [0.4, 0.5) is 0 Å². The minimum atomic E-state index is 0.141. The lowest BCUT2D eigenvalue weighted by molar-refractivity contribution is 0.405. The van der Waals surface area contributed by atoms with Crippen LogP contribution in [0.2, 0.25) is 0 Å². The molecular weight excluding hydrogens is 276 g/mol. The fourth-order valence-corrected chi connectivity index (χ4v) is 3.14. The van der Waals surface area contributed by atoms with Crippen LogP contribution in [0, 0.1) is 13.8 Å². The third kappa shape index (κ3) is 5.25. The van der Waals surface area contributed by atoms with Crippen molar-refractivity contribution in [1.29, 1.82) is 0 Å². The predicted molar refractivity (Wildman–Crippen MR) is 92.2 cm³/mol. The predicted octanol–water partition coefficient (Wildman–Crippen LogP) is 4.47. The molecule has 1 heterocycles. The van der Waals surface area contributed by atoms with Gasteiger partial charge in [-0.3, -0.25) is 0 Å². The molecule has 1 aromatic carbocycles. The number of aromatic nitrogens is 1. The molecule has 21 heavy (non-hydrogen) atoms. The summed E-state index contributed by atoms with van der Waals surface area (Å²) in [5.41, 5.74) is 3.97. The van der Waals surface area contributed by atoms with E-state index in [0.29, 0.717) is 5.92 Å². The van der Waals surface area contributed by atoms with E-state index in [9.17, 15) is 0 Å². The monoisotopic (exact) mass is 302 g/mol. The summed E-state index contributed by atoms with van der Waals surface area (Å²) in [4.78, 5) is 4.63. The van der Waals surface area contributed by atoms with Gasteiger partial charge in [-0.05, 0) is 40.2 Å². The lowest BCUT2D eigenvalue weighted by atomic mass is 9.94. The Labute approximate surface area is 132 Å². The smallest absolute Gasteiger partial charge is 0.0934 e. The van der Waals surface area contributed by atoms with Gasteiger partial charge in [0.05, 0.1) is 5.01 Å². The van der Waals surface area contributed by atoms with Gasteiger partial charge in [0.15, 0.2) is 0 Å². The first-order valence-corrected chi connectivity index (χ1v) is 8.44. The molecule has 2 rings (SSSR count). The summed E-state index contributed by atoms with van der Waals surface area (Å²) in [6.45, 7) is 11.8. The average molecular weight is 302 g/mol. The van der Waals surface area contributed by atoms with Crippen molar-refractivity contribution in [1.82, 2.24) is 10.3 Å². The Morgan fingerprint density at radius 1 is 1.14 bits per heavy atom. The Balaban J connectivity index is 2.15. The maximum atomic E-state index is 4.63. The molecule has 2 aromatic rings.